The number of rotatable bonds is 5. The predicted octanol–water partition coefficient (Wildman–Crippen LogP) is 7.19. The van der Waals surface area contributed by atoms with Gasteiger partial charge in [-0.3, -0.25) is 0 Å². The van der Waals surface area contributed by atoms with Crippen LogP contribution in [0.4, 0.5) is 17.6 Å². The van der Waals surface area contributed by atoms with Gasteiger partial charge in [0.1, 0.15) is 11.6 Å². The van der Waals surface area contributed by atoms with Crippen LogP contribution >= 0.6 is 0 Å². The molecule has 1 nitrogen and oxygen atoms in total. The van der Waals surface area contributed by atoms with Gasteiger partial charge < -0.3 is 4.74 Å². The number of benzene rings is 1. The molecule has 160 valence electrons. The van der Waals surface area contributed by atoms with Crippen LogP contribution in [0.3, 0.4) is 0 Å². The molecule has 1 aromatic carbocycles. The van der Waals surface area contributed by atoms with Gasteiger partial charge in [0.05, 0.1) is 11.7 Å². The van der Waals surface area contributed by atoms with Crippen molar-refractivity contribution in [2.45, 2.75) is 89.8 Å². The molecule has 0 unspecified atom stereocenters. The van der Waals surface area contributed by atoms with E-state index >= 15 is 0 Å². The summed E-state index contributed by atoms with van der Waals surface area (Å²) in [5.41, 5.74) is 0.560. The van der Waals surface area contributed by atoms with E-state index in [-0.39, 0.29) is 17.4 Å². The van der Waals surface area contributed by atoms with Crippen molar-refractivity contribution in [1.29, 1.82) is 0 Å². The highest BCUT2D eigenvalue weighted by Gasteiger charge is 2.25. The second-order valence-electron chi connectivity index (χ2n) is 8.51. The molecule has 0 heterocycles. The standard InChI is InChI=1S/C24H30F4O/c1-2-3-16-4-9-18(10-5-16)19-14-22(25)21(23(26)15-19)13-8-17-6-11-20(12-7-17)29-24(27)28/h14-18,20,24H,2-7,9-12H2,1H3/t16-,17-,18-,20-. The van der Waals surface area contributed by atoms with E-state index in [1.807, 2.05) is 0 Å². The van der Waals surface area contributed by atoms with Crippen molar-refractivity contribution >= 4 is 0 Å². The van der Waals surface area contributed by atoms with Gasteiger partial charge in [0.25, 0.3) is 0 Å². The highest BCUT2D eigenvalue weighted by Crippen LogP contribution is 2.38. The van der Waals surface area contributed by atoms with E-state index < -0.39 is 24.3 Å². The van der Waals surface area contributed by atoms with Gasteiger partial charge in [-0.25, -0.2) is 8.78 Å². The van der Waals surface area contributed by atoms with Crippen molar-refractivity contribution in [1.82, 2.24) is 0 Å². The van der Waals surface area contributed by atoms with Crippen LogP contribution in [0, 0.1) is 35.3 Å². The summed E-state index contributed by atoms with van der Waals surface area (Å²) in [6.45, 7) is -0.564. The summed E-state index contributed by atoms with van der Waals surface area (Å²) >= 11 is 0. The first-order valence-electron chi connectivity index (χ1n) is 10.9. The van der Waals surface area contributed by atoms with Crippen molar-refractivity contribution in [2.24, 2.45) is 11.8 Å². The summed E-state index contributed by atoms with van der Waals surface area (Å²) in [7, 11) is 0. The van der Waals surface area contributed by atoms with Crippen molar-refractivity contribution in [2.75, 3.05) is 0 Å². The summed E-state index contributed by atoms with van der Waals surface area (Å²) in [6, 6.07) is 2.90. The first-order chi connectivity index (χ1) is 14.0. The van der Waals surface area contributed by atoms with E-state index in [1.165, 1.54) is 25.0 Å². The van der Waals surface area contributed by atoms with E-state index in [0.717, 1.165) is 37.2 Å². The van der Waals surface area contributed by atoms with Crippen LogP contribution < -0.4 is 0 Å². The molecule has 0 amide bonds. The smallest absolute Gasteiger partial charge is 0.320 e. The molecular formula is C24H30F4O. The third-order valence-corrected chi connectivity index (χ3v) is 6.45. The zero-order chi connectivity index (χ0) is 20.8. The first-order valence-corrected chi connectivity index (χ1v) is 10.9. The summed E-state index contributed by atoms with van der Waals surface area (Å²) < 4.78 is 58.2. The average Bonchev–Trinajstić information content (AvgIpc) is 2.69. The lowest BCUT2D eigenvalue weighted by atomic mass is 9.77. The van der Waals surface area contributed by atoms with Crippen molar-refractivity contribution < 1.29 is 22.3 Å². The molecular weight excluding hydrogens is 380 g/mol. The maximum Gasteiger partial charge on any atom is 0.345 e. The summed E-state index contributed by atoms with van der Waals surface area (Å²) in [5.74, 6) is 5.34. The Hall–Kier alpha value is -1.54. The van der Waals surface area contributed by atoms with E-state index in [9.17, 15) is 17.6 Å². The molecule has 1 aromatic rings. The predicted molar refractivity (Wildman–Crippen MR) is 106 cm³/mol. The number of halogens is 4. The molecule has 0 spiro atoms. The SMILES string of the molecule is CCC[C@H]1CC[C@H](c2cc(F)c(C#C[C@H]3CC[C@H](OC(F)F)CC3)c(F)c2)CC1. The summed E-state index contributed by atoms with van der Waals surface area (Å²) in [5, 5.41) is 0. The second-order valence-corrected chi connectivity index (χ2v) is 8.51. The van der Waals surface area contributed by atoms with Crippen LogP contribution in [0.2, 0.25) is 0 Å². The van der Waals surface area contributed by atoms with Crippen LogP contribution in [0.5, 0.6) is 0 Å². The van der Waals surface area contributed by atoms with Gasteiger partial charge in [0.2, 0.25) is 0 Å². The molecule has 0 radical (unpaired) electrons. The Morgan fingerprint density at radius 2 is 1.59 bits per heavy atom. The highest BCUT2D eigenvalue weighted by molar-refractivity contribution is 5.40. The Morgan fingerprint density at radius 3 is 2.14 bits per heavy atom. The van der Waals surface area contributed by atoms with Crippen molar-refractivity contribution in [3.8, 4) is 11.8 Å². The fourth-order valence-corrected chi connectivity index (χ4v) is 4.80. The van der Waals surface area contributed by atoms with Gasteiger partial charge in [0, 0.05) is 5.92 Å². The van der Waals surface area contributed by atoms with Gasteiger partial charge in [-0.15, -0.1) is 0 Å². The Labute approximate surface area is 171 Å². The number of hydrogen-bond donors (Lipinski definition) is 0. The lowest BCUT2D eigenvalue weighted by Crippen LogP contribution is -2.23. The molecule has 2 aliphatic carbocycles. The first kappa shape index (κ1) is 22.2. The fourth-order valence-electron chi connectivity index (χ4n) is 4.80. The van der Waals surface area contributed by atoms with Crippen molar-refractivity contribution in [3.05, 3.63) is 34.9 Å². The van der Waals surface area contributed by atoms with Crippen LogP contribution in [0.25, 0.3) is 0 Å². The van der Waals surface area contributed by atoms with Gasteiger partial charge in [-0.1, -0.05) is 31.6 Å². The topological polar surface area (TPSA) is 9.23 Å². The minimum Gasteiger partial charge on any atom is -0.320 e. The molecule has 2 fully saturated rings. The van der Waals surface area contributed by atoms with E-state index in [0.29, 0.717) is 25.7 Å². The lowest BCUT2D eigenvalue weighted by molar-refractivity contribution is -0.170. The molecule has 0 saturated heterocycles. The van der Waals surface area contributed by atoms with Crippen LogP contribution in [0.15, 0.2) is 12.1 Å². The highest BCUT2D eigenvalue weighted by atomic mass is 19.3. The summed E-state index contributed by atoms with van der Waals surface area (Å²) in [4.78, 5) is 0. The van der Waals surface area contributed by atoms with Crippen LogP contribution in [-0.4, -0.2) is 12.7 Å². The van der Waals surface area contributed by atoms with Gasteiger partial charge in [-0.05, 0) is 80.9 Å². The van der Waals surface area contributed by atoms with Gasteiger partial charge in [-0.2, -0.15) is 8.78 Å². The van der Waals surface area contributed by atoms with E-state index in [1.54, 1.807) is 0 Å². The maximum absolute atomic E-state index is 14.6. The molecule has 0 bridgehead atoms. The number of alkyl halides is 2. The molecule has 2 saturated carbocycles. The largest absolute Gasteiger partial charge is 0.345 e. The molecule has 5 heteroatoms. The van der Waals surface area contributed by atoms with E-state index in [4.69, 9.17) is 0 Å². The minimum absolute atomic E-state index is 0.0418. The third kappa shape index (κ3) is 6.22. The lowest BCUT2D eigenvalue weighted by Gasteiger charge is -2.28. The molecule has 29 heavy (non-hydrogen) atoms. The molecule has 2 aliphatic rings. The molecule has 0 aliphatic heterocycles. The van der Waals surface area contributed by atoms with Crippen molar-refractivity contribution in [3.63, 3.8) is 0 Å². The van der Waals surface area contributed by atoms with Gasteiger partial charge in [0.15, 0.2) is 0 Å². The Morgan fingerprint density at radius 1 is 0.966 bits per heavy atom. The number of hydrogen-bond acceptors (Lipinski definition) is 1. The van der Waals surface area contributed by atoms with Gasteiger partial charge >= 0.3 is 6.61 Å². The fraction of sp³-hybridized carbons (Fsp3) is 0.667. The zero-order valence-corrected chi connectivity index (χ0v) is 17.0. The normalized spacial score (nSPS) is 27.5. The Balaban J connectivity index is 1.60. The minimum atomic E-state index is -2.76. The Kier molecular flexibility index (Phi) is 8.00. The quantitative estimate of drug-likeness (QED) is 0.369. The molecule has 0 atom stereocenters. The van der Waals surface area contributed by atoms with Crippen LogP contribution in [0.1, 0.15) is 88.2 Å². The number of ether oxygens (including phenoxy) is 1. The molecule has 3 rings (SSSR count). The zero-order valence-electron chi connectivity index (χ0n) is 17.0. The second kappa shape index (κ2) is 10.5. The Bertz CT molecular complexity index is 697. The molecule has 0 N–H and O–H groups in total. The van der Waals surface area contributed by atoms with Crippen LogP contribution in [-0.2, 0) is 4.74 Å². The molecule has 0 aromatic heterocycles. The average molecular weight is 410 g/mol. The third-order valence-electron chi connectivity index (χ3n) is 6.45. The maximum atomic E-state index is 14.6. The summed E-state index contributed by atoms with van der Waals surface area (Å²) in [6.07, 6.45) is 8.39. The monoisotopic (exact) mass is 410 g/mol. The van der Waals surface area contributed by atoms with E-state index in [2.05, 4.69) is 23.5 Å².